The van der Waals surface area contributed by atoms with Crippen molar-refractivity contribution in [2.45, 2.75) is 6.42 Å². The fraction of sp³-hybridized carbons (Fsp3) is 0.167. The zero-order chi connectivity index (χ0) is 7.56. The van der Waals surface area contributed by atoms with Crippen molar-refractivity contribution in [2.24, 2.45) is 5.18 Å². The second-order valence-corrected chi connectivity index (χ2v) is 1.86. The minimum absolute atomic E-state index is 0.00926. The minimum Gasteiger partial charge on any atom is -0.507 e. The van der Waals surface area contributed by atoms with Crippen LogP contribution in [0.2, 0.25) is 0 Å². The molecule has 0 radical (unpaired) electrons. The van der Waals surface area contributed by atoms with E-state index in [1.165, 1.54) is 6.08 Å². The highest BCUT2D eigenvalue weighted by atomic mass is 16.3. The largest absolute Gasteiger partial charge is 0.507 e. The number of hydrogen-bond acceptors (Lipinski definition) is 4. The van der Waals surface area contributed by atoms with Crippen LogP contribution in [0, 0.1) is 4.91 Å². The Bertz CT molecular complexity index is 239. The maximum atomic E-state index is 10.1. The smallest absolute Gasteiger partial charge is 0.155 e. The third kappa shape index (κ3) is 0.834. The first-order valence-corrected chi connectivity index (χ1v) is 2.70. The lowest BCUT2D eigenvalue weighted by atomic mass is 10.2. The summed E-state index contributed by atoms with van der Waals surface area (Å²) in [6.45, 7) is 0. The van der Waals surface area contributed by atoms with Crippen molar-refractivity contribution in [3.05, 3.63) is 28.0 Å². The van der Waals surface area contributed by atoms with E-state index in [-0.39, 0.29) is 23.5 Å². The molecule has 0 unspecified atom stereocenters. The summed E-state index contributed by atoms with van der Waals surface area (Å²) < 4.78 is 0. The van der Waals surface area contributed by atoms with Gasteiger partial charge in [-0.3, -0.25) is 4.79 Å². The molecule has 1 N–H and O–H groups in total. The van der Waals surface area contributed by atoms with Gasteiger partial charge in [0.2, 0.25) is 0 Å². The van der Waals surface area contributed by atoms with Crippen molar-refractivity contribution >= 4 is 6.29 Å². The predicted octanol–water partition coefficient (Wildman–Crippen LogP) is 1.05. The quantitative estimate of drug-likeness (QED) is 0.459. The fourth-order valence-electron chi connectivity index (χ4n) is 0.776. The monoisotopic (exact) mass is 139 g/mol. The normalized spacial score (nSPS) is 17.0. The number of rotatable bonds is 2. The molecule has 0 heterocycles. The molecule has 0 aromatic carbocycles. The molecular formula is C6H5NO3. The fourth-order valence-corrected chi connectivity index (χ4v) is 0.776. The number of nitrogens with zero attached hydrogens (tertiary/aromatic N) is 1. The van der Waals surface area contributed by atoms with Gasteiger partial charge in [0.1, 0.15) is 11.5 Å². The number of nitroso groups, excluding NO2 is 1. The van der Waals surface area contributed by atoms with Crippen LogP contribution < -0.4 is 0 Å². The summed E-state index contributed by atoms with van der Waals surface area (Å²) in [6.07, 6.45) is 2.05. The van der Waals surface area contributed by atoms with Crippen LogP contribution in [0.1, 0.15) is 6.42 Å². The van der Waals surface area contributed by atoms with Gasteiger partial charge >= 0.3 is 0 Å². The van der Waals surface area contributed by atoms with Crippen molar-refractivity contribution in [3.8, 4) is 0 Å². The van der Waals surface area contributed by atoms with E-state index in [1.807, 2.05) is 0 Å². The molecule has 10 heavy (non-hydrogen) atoms. The topological polar surface area (TPSA) is 66.7 Å². The van der Waals surface area contributed by atoms with Crippen LogP contribution in [0.3, 0.4) is 0 Å². The number of carbonyl (C=O) groups excluding carboxylic acids is 1. The molecule has 52 valence electrons. The molecule has 0 aromatic heterocycles. The molecule has 0 spiro atoms. The Kier molecular flexibility index (Phi) is 1.62. The van der Waals surface area contributed by atoms with E-state index < -0.39 is 0 Å². The molecule has 0 bridgehead atoms. The maximum absolute atomic E-state index is 10.1. The van der Waals surface area contributed by atoms with E-state index in [9.17, 15) is 9.70 Å². The average molecular weight is 139 g/mol. The zero-order valence-corrected chi connectivity index (χ0v) is 5.07. The highest BCUT2D eigenvalue weighted by Crippen LogP contribution is 2.22. The van der Waals surface area contributed by atoms with Gasteiger partial charge in [0.15, 0.2) is 6.29 Å². The van der Waals surface area contributed by atoms with Crippen molar-refractivity contribution in [1.82, 2.24) is 0 Å². The summed E-state index contributed by atoms with van der Waals surface area (Å²) in [4.78, 5) is 20.0. The van der Waals surface area contributed by atoms with Gasteiger partial charge in [-0.1, -0.05) is 0 Å². The number of carbonyl (C=O) groups is 1. The van der Waals surface area contributed by atoms with E-state index in [4.69, 9.17) is 5.11 Å². The van der Waals surface area contributed by atoms with Gasteiger partial charge in [-0.05, 0) is 11.3 Å². The van der Waals surface area contributed by atoms with Gasteiger partial charge in [0, 0.05) is 6.42 Å². The zero-order valence-electron chi connectivity index (χ0n) is 5.07. The first kappa shape index (κ1) is 6.67. The Morgan fingerprint density at radius 3 is 2.80 bits per heavy atom. The Morgan fingerprint density at radius 2 is 2.40 bits per heavy atom. The Hall–Kier alpha value is -1.45. The standard InChI is InChI=1S/C6H5NO3/c8-3-4-5(7-10)1-2-6(4)9/h2-3,9H,1H2. The van der Waals surface area contributed by atoms with Crippen LogP contribution in [0.15, 0.2) is 28.3 Å². The lowest BCUT2D eigenvalue weighted by Gasteiger charge is -1.89. The SMILES string of the molecule is O=CC1=C(N=O)CC=C1O. The summed E-state index contributed by atoms with van der Waals surface area (Å²) in [5.41, 5.74) is 0.113. The number of aliphatic hydroxyl groups excluding tert-OH is 1. The van der Waals surface area contributed by atoms with Gasteiger partial charge in [-0.25, -0.2) is 0 Å². The van der Waals surface area contributed by atoms with Crippen LogP contribution in [0.4, 0.5) is 0 Å². The van der Waals surface area contributed by atoms with Crippen molar-refractivity contribution in [3.63, 3.8) is 0 Å². The maximum Gasteiger partial charge on any atom is 0.155 e. The molecule has 0 amide bonds. The first-order chi connectivity index (χ1) is 4.79. The molecule has 1 aliphatic carbocycles. The van der Waals surface area contributed by atoms with E-state index in [1.54, 1.807) is 0 Å². The highest BCUT2D eigenvalue weighted by molar-refractivity contribution is 5.81. The molecule has 0 saturated carbocycles. The molecule has 0 aliphatic heterocycles. The average Bonchev–Trinajstić information content (AvgIpc) is 2.30. The molecule has 0 atom stereocenters. The molecule has 0 fully saturated rings. The molecule has 0 aromatic rings. The molecule has 4 nitrogen and oxygen atoms in total. The molecule has 1 rings (SSSR count). The third-order valence-corrected chi connectivity index (χ3v) is 1.30. The van der Waals surface area contributed by atoms with E-state index in [0.29, 0.717) is 6.29 Å². The van der Waals surface area contributed by atoms with Crippen LogP contribution >= 0.6 is 0 Å². The molecule has 4 heteroatoms. The second kappa shape index (κ2) is 2.43. The Morgan fingerprint density at radius 1 is 1.70 bits per heavy atom. The minimum atomic E-state index is -0.149. The van der Waals surface area contributed by atoms with Crippen molar-refractivity contribution < 1.29 is 9.90 Å². The van der Waals surface area contributed by atoms with Crippen molar-refractivity contribution in [1.29, 1.82) is 0 Å². The Balaban J connectivity index is 3.02. The van der Waals surface area contributed by atoms with Gasteiger partial charge in [0.25, 0.3) is 0 Å². The molecule has 0 saturated heterocycles. The molecule has 1 aliphatic rings. The summed E-state index contributed by atoms with van der Waals surface area (Å²) >= 11 is 0. The summed E-state index contributed by atoms with van der Waals surface area (Å²) in [5, 5.41) is 11.4. The number of aliphatic hydroxyl groups is 1. The summed E-state index contributed by atoms with van der Waals surface area (Å²) in [5.74, 6) is -0.149. The van der Waals surface area contributed by atoms with Crippen LogP contribution in [-0.4, -0.2) is 11.4 Å². The highest BCUT2D eigenvalue weighted by Gasteiger charge is 2.16. The van der Waals surface area contributed by atoms with E-state index in [2.05, 4.69) is 5.18 Å². The second-order valence-electron chi connectivity index (χ2n) is 1.86. The first-order valence-electron chi connectivity index (χ1n) is 2.70. The van der Waals surface area contributed by atoms with Gasteiger partial charge in [-0.2, -0.15) is 0 Å². The summed E-state index contributed by atoms with van der Waals surface area (Å²) in [6, 6.07) is 0. The van der Waals surface area contributed by atoms with Gasteiger partial charge < -0.3 is 5.11 Å². The third-order valence-electron chi connectivity index (χ3n) is 1.30. The van der Waals surface area contributed by atoms with Gasteiger partial charge in [-0.15, -0.1) is 4.91 Å². The number of hydrogen-bond donors (Lipinski definition) is 1. The molecular weight excluding hydrogens is 134 g/mol. The predicted molar refractivity (Wildman–Crippen MR) is 34.2 cm³/mol. The van der Waals surface area contributed by atoms with Crippen LogP contribution in [-0.2, 0) is 4.79 Å². The van der Waals surface area contributed by atoms with Gasteiger partial charge in [0.05, 0.1) is 5.57 Å². The Labute approximate surface area is 56.8 Å². The van der Waals surface area contributed by atoms with E-state index in [0.717, 1.165) is 0 Å². The van der Waals surface area contributed by atoms with E-state index >= 15 is 0 Å². The van der Waals surface area contributed by atoms with Crippen LogP contribution in [0.5, 0.6) is 0 Å². The van der Waals surface area contributed by atoms with Crippen LogP contribution in [0.25, 0.3) is 0 Å². The lowest BCUT2D eigenvalue weighted by Crippen LogP contribution is -1.87. The number of allylic oxidation sites excluding steroid dienone is 2. The van der Waals surface area contributed by atoms with Crippen molar-refractivity contribution in [2.75, 3.05) is 0 Å². The summed E-state index contributed by atoms with van der Waals surface area (Å²) in [7, 11) is 0. The lowest BCUT2D eigenvalue weighted by molar-refractivity contribution is -0.104. The number of aldehydes is 1.